The highest BCUT2D eigenvalue weighted by Gasteiger charge is 2.18. The summed E-state index contributed by atoms with van der Waals surface area (Å²) in [6, 6.07) is 14.6. The van der Waals surface area contributed by atoms with Gasteiger partial charge in [0, 0.05) is 11.4 Å². The maximum Gasteiger partial charge on any atom is 0.253 e. The van der Waals surface area contributed by atoms with Crippen LogP contribution in [0.25, 0.3) is 0 Å². The molecule has 2 aromatic carbocycles. The quantitative estimate of drug-likeness (QED) is 0.667. The number of hydrogen-bond donors (Lipinski definition) is 2. The average molecular weight is 387 g/mol. The number of methoxy groups -OCH3 is 1. The van der Waals surface area contributed by atoms with Crippen molar-refractivity contribution in [2.45, 2.75) is 30.9 Å². The third kappa shape index (κ3) is 6.32. The van der Waals surface area contributed by atoms with Crippen molar-refractivity contribution in [2.24, 2.45) is 5.92 Å². The molecule has 0 radical (unpaired) electrons. The van der Waals surface area contributed by atoms with Crippen molar-refractivity contribution in [3.8, 4) is 5.75 Å². The molecule has 0 aromatic heterocycles. The van der Waals surface area contributed by atoms with E-state index < -0.39 is 0 Å². The SMILES string of the molecule is COc1ccc(S[C@H](C)C(=O)Nc2ccccc2C(=O)NCC(C)C)cc1. The van der Waals surface area contributed by atoms with Gasteiger partial charge in [-0.2, -0.15) is 0 Å². The molecule has 2 amide bonds. The maximum absolute atomic E-state index is 12.6. The lowest BCUT2D eigenvalue weighted by Crippen LogP contribution is -2.29. The van der Waals surface area contributed by atoms with Gasteiger partial charge in [-0.1, -0.05) is 26.0 Å². The number of carbonyl (C=O) groups excluding carboxylic acids is 2. The van der Waals surface area contributed by atoms with E-state index in [1.54, 1.807) is 31.4 Å². The van der Waals surface area contributed by atoms with Crippen LogP contribution >= 0.6 is 11.8 Å². The molecule has 0 fully saturated rings. The molecule has 2 aromatic rings. The minimum absolute atomic E-state index is 0.153. The van der Waals surface area contributed by atoms with E-state index in [1.165, 1.54) is 11.8 Å². The minimum Gasteiger partial charge on any atom is -0.497 e. The molecular formula is C21H26N2O3S. The van der Waals surface area contributed by atoms with Crippen molar-refractivity contribution < 1.29 is 14.3 Å². The van der Waals surface area contributed by atoms with E-state index in [1.807, 2.05) is 45.0 Å². The van der Waals surface area contributed by atoms with Gasteiger partial charge in [0.15, 0.2) is 0 Å². The van der Waals surface area contributed by atoms with Gasteiger partial charge >= 0.3 is 0 Å². The molecule has 27 heavy (non-hydrogen) atoms. The lowest BCUT2D eigenvalue weighted by Gasteiger charge is -2.15. The molecule has 0 unspecified atom stereocenters. The zero-order valence-corrected chi connectivity index (χ0v) is 16.9. The van der Waals surface area contributed by atoms with Crippen LogP contribution in [-0.4, -0.2) is 30.7 Å². The van der Waals surface area contributed by atoms with Crippen LogP contribution in [0.3, 0.4) is 0 Å². The first-order valence-electron chi connectivity index (χ1n) is 8.89. The van der Waals surface area contributed by atoms with Crippen LogP contribution in [0.2, 0.25) is 0 Å². The number of thioether (sulfide) groups is 1. The van der Waals surface area contributed by atoms with Crippen LogP contribution in [-0.2, 0) is 4.79 Å². The topological polar surface area (TPSA) is 67.4 Å². The first-order chi connectivity index (χ1) is 12.9. The lowest BCUT2D eigenvalue weighted by molar-refractivity contribution is -0.115. The summed E-state index contributed by atoms with van der Waals surface area (Å²) in [6.45, 7) is 6.49. The number of rotatable bonds is 8. The molecule has 0 spiro atoms. The van der Waals surface area contributed by atoms with Crippen molar-refractivity contribution in [3.05, 3.63) is 54.1 Å². The molecule has 5 nitrogen and oxygen atoms in total. The van der Waals surface area contributed by atoms with Gasteiger partial charge in [0.25, 0.3) is 5.91 Å². The first-order valence-corrected chi connectivity index (χ1v) is 9.77. The summed E-state index contributed by atoms with van der Waals surface area (Å²) in [6.07, 6.45) is 0. The zero-order chi connectivity index (χ0) is 19.8. The second-order valence-electron chi connectivity index (χ2n) is 6.57. The fraction of sp³-hybridized carbons (Fsp3) is 0.333. The van der Waals surface area contributed by atoms with Gasteiger partial charge < -0.3 is 15.4 Å². The summed E-state index contributed by atoms with van der Waals surface area (Å²) in [5.41, 5.74) is 0.985. The lowest BCUT2D eigenvalue weighted by atomic mass is 10.1. The number of nitrogens with one attached hydrogen (secondary N) is 2. The number of para-hydroxylation sites is 1. The Kier molecular flexibility index (Phi) is 7.73. The summed E-state index contributed by atoms with van der Waals surface area (Å²) < 4.78 is 5.14. The second-order valence-corrected chi connectivity index (χ2v) is 7.99. The number of ether oxygens (including phenoxy) is 1. The largest absolute Gasteiger partial charge is 0.497 e. The Labute approximate surface area is 164 Å². The minimum atomic E-state index is -0.315. The van der Waals surface area contributed by atoms with E-state index >= 15 is 0 Å². The molecule has 0 heterocycles. The highest BCUT2D eigenvalue weighted by molar-refractivity contribution is 8.00. The summed E-state index contributed by atoms with van der Waals surface area (Å²) in [5, 5.41) is 5.45. The van der Waals surface area contributed by atoms with Crippen LogP contribution in [0.4, 0.5) is 5.69 Å². The van der Waals surface area contributed by atoms with Crippen molar-refractivity contribution in [1.82, 2.24) is 5.32 Å². The number of carbonyl (C=O) groups is 2. The fourth-order valence-corrected chi connectivity index (χ4v) is 3.20. The van der Waals surface area contributed by atoms with E-state index in [4.69, 9.17) is 4.74 Å². The first kappa shape index (κ1) is 20.8. The molecule has 0 aliphatic rings. The van der Waals surface area contributed by atoms with Gasteiger partial charge in [-0.3, -0.25) is 9.59 Å². The van der Waals surface area contributed by atoms with Crippen LogP contribution in [0.15, 0.2) is 53.4 Å². The smallest absolute Gasteiger partial charge is 0.253 e. The van der Waals surface area contributed by atoms with Gasteiger partial charge in [-0.15, -0.1) is 11.8 Å². The van der Waals surface area contributed by atoms with Crippen molar-refractivity contribution in [3.63, 3.8) is 0 Å². The molecule has 0 aliphatic heterocycles. The molecule has 144 valence electrons. The van der Waals surface area contributed by atoms with Gasteiger partial charge in [0.1, 0.15) is 5.75 Å². The van der Waals surface area contributed by atoms with Gasteiger partial charge in [-0.25, -0.2) is 0 Å². The number of benzene rings is 2. The Morgan fingerprint density at radius 2 is 1.70 bits per heavy atom. The molecule has 1 atom stereocenters. The number of amides is 2. The number of anilines is 1. The van der Waals surface area contributed by atoms with E-state index in [2.05, 4.69) is 10.6 Å². The second kappa shape index (κ2) is 10.0. The maximum atomic E-state index is 12.6. The summed E-state index contributed by atoms with van der Waals surface area (Å²) in [5.74, 6) is 0.796. The third-order valence-corrected chi connectivity index (χ3v) is 4.95. The average Bonchev–Trinajstić information content (AvgIpc) is 2.67. The molecule has 0 saturated carbocycles. The predicted octanol–water partition coefficient (Wildman–Crippen LogP) is 4.20. The fourth-order valence-electron chi connectivity index (χ4n) is 2.33. The van der Waals surface area contributed by atoms with Crippen LogP contribution in [0.1, 0.15) is 31.1 Å². The van der Waals surface area contributed by atoms with E-state index in [0.29, 0.717) is 23.7 Å². The monoisotopic (exact) mass is 386 g/mol. The van der Waals surface area contributed by atoms with Gasteiger partial charge in [0.05, 0.1) is 23.6 Å². The molecule has 2 rings (SSSR count). The highest BCUT2D eigenvalue weighted by atomic mass is 32.2. The van der Waals surface area contributed by atoms with Crippen molar-refractivity contribution in [2.75, 3.05) is 19.0 Å². The van der Waals surface area contributed by atoms with Gasteiger partial charge in [-0.05, 0) is 49.2 Å². The van der Waals surface area contributed by atoms with Crippen molar-refractivity contribution in [1.29, 1.82) is 0 Å². The van der Waals surface area contributed by atoms with Gasteiger partial charge in [0.2, 0.25) is 5.91 Å². The molecule has 2 N–H and O–H groups in total. The van der Waals surface area contributed by atoms with Crippen LogP contribution in [0.5, 0.6) is 5.75 Å². The number of hydrogen-bond acceptors (Lipinski definition) is 4. The van der Waals surface area contributed by atoms with E-state index in [9.17, 15) is 9.59 Å². The van der Waals surface area contributed by atoms with Crippen molar-refractivity contribution >= 4 is 29.3 Å². The van der Waals surface area contributed by atoms with E-state index in [0.717, 1.165) is 10.6 Å². The standard InChI is InChI=1S/C21H26N2O3S/c1-14(2)13-22-21(25)18-7-5-6-8-19(18)23-20(24)15(3)27-17-11-9-16(26-4)10-12-17/h5-12,14-15H,13H2,1-4H3,(H,22,25)(H,23,24)/t15-/m1/s1. The Hall–Kier alpha value is -2.47. The molecule has 0 bridgehead atoms. The summed E-state index contributed by atoms with van der Waals surface area (Å²) in [7, 11) is 1.62. The normalized spacial score (nSPS) is 11.7. The Morgan fingerprint density at radius 1 is 1.04 bits per heavy atom. The van der Waals surface area contributed by atoms with Crippen LogP contribution in [0, 0.1) is 5.92 Å². The zero-order valence-electron chi connectivity index (χ0n) is 16.1. The third-order valence-electron chi connectivity index (χ3n) is 3.84. The Bertz CT molecular complexity index is 775. The predicted molar refractivity (Wildman–Crippen MR) is 111 cm³/mol. The molecule has 6 heteroatoms. The Balaban J connectivity index is 2.02. The molecule has 0 saturated heterocycles. The van der Waals surface area contributed by atoms with Crippen LogP contribution < -0.4 is 15.4 Å². The van der Waals surface area contributed by atoms with E-state index in [-0.39, 0.29) is 17.1 Å². The molecular weight excluding hydrogens is 360 g/mol. The highest BCUT2D eigenvalue weighted by Crippen LogP contribution is 2.26. The molecule has 0 aliphatic carbocycles. The summed E-state index contributed by atoms with van der Waals surface area (Å²) in [4.78, 5) is 26.0. The summed E-state index contributed by atoms with van der Waals surface area (Å²) >= 11 is 1.45. The Morgan fingerprint density at radius 3 is 2.33 bits per heavy atom.